The number of aliphatic hydroxyl groups excluding tert-OH is 3. The van der Waals surface area contributed by atoms with Gasteiger partial charge in [-0.2, -0.15) is 0 Å². The van der Waals surface area contributed by atoms with Crippen molar-refractivity contribution in [3.8, 4) is 11.5 Å². The van der Waals surface area contributed by atoms with Crippen LogP contribution in [0.25, 0.3) is 10.9 Å². The van der Waals surface area contributed by atoms with Crippen LogP contribution >= 0.6 is 0 Å². The zero-order valence-electron chi connectivity index (χ0n) is 20.2. The van der Waals surface area contributed by atoms with E-state index in [1.165, 1.54) is 30.3 Å². The van der Waals surface area contributed by atoms with Crippen molar-refractivity contribution < 1.29 is 47.0 Å². The van der Waals surface area contributed by atoms with E-state index in [4.69, 9.17) is 0 Å². The van der Waals surface area contributed by atoms with Gasteiger partial charge in [-0.25, -0.2) is 4.39 Å². The van der Waals surface area contributed by atoms with Crippen molar-refractivity contribution in [2.75, 3.05) is 18.5 Å². The molecular weight excluding hydrogens is 493 g/mol. The van der Waals surface area contributed by atoms with Crippen LogP contribution in [0.4, 0.5) is 18.9 Å². The molecule has 0 spiro atoms. The summed E-state index contributed by atoms with van der Waals surface area (Å²) >= 11 is 0. The Morgan fingerprint density at radius 3 is 2.51 bits per heavy atom. The van der Waals surface area contributed by atoms with Crippen molar-refractivity contribution in [3.63, 3.8) is 0 Å². The highest BCUT2D eigenvalue weighted by Gasteiger charge is 2.53. The van der Waals surface area contributed by atoms with Gasteiger partial charge in [-0.1, -0.05) is 19.9 Å². The summed E-state index contributed by atoms with van der Waals surface area (Å²) in [6.45, 7) is 2.86. The van der Waals surface area contributed by atoms with Crippen molar-refractivity contribution in [2.24, 2.45) is 0 Å². The third-order valence-electron chi connectivity index (χ3n) is 7.07. The van der Waals surface area contributed by atoms with Gasteiger partial charge in [-0.05, 0) is 42.7 Å². The first-order valence-corrected chi connectivity index (χ1v) is 11.8. The first-order chi connectivity index (χ1) is 17.4. The number of benzene rings is 2. The number of nitrogens with one attached hydrogen (secondary N) is 1. The summed E-state index contributed by atoms with van der Waals surface area (Å²) in [7, 11) is 0. The predicted molar refractivity (Wildman–Crippen MR) is 134 cm³/mol. The Bertz CT molecular complexity index is 1400. The maximum atomic E-state index is 15.2. The Labute approximate surface area is 214 Å². The zero-order chi connectivity index (χ0) is 26.8. The molecule has 1 aliphatic carbocycles. The average Bonchev–Trinajstić information content (AvgIpc) is 3.50. The second-order valence-electron chi connectivity index (χ2n) is 10.3. The Kier molecular flexibility index (Phi) is 5.93. The van der Waals surface area contributed by atoms with E-state index in [0.29, 0.717) is 35.0 Å². The van der Waals surface area contributed by atoms with Crippen molar-refractivity contribution in [2.45, 2.75) is 56.5 Å². The average molecular weight is 527 g/mol. The number of hydrogen-bond acceptors (Lipinski definition) is 6. The SMILES string of the molecule is CC(C)(CO)c1cc2cc(NC(=O)C3(c4ccc5c(c4)OC(F)(F)O5)CC3)c(F)cc2n1C[C@@H](O)CO.[HH].[HH].[HH]. The molecule has 0 radical (unpaired) electrons. The minimum atomic E-state index is -3.77. The molecule has 1 amide bonds. The number of aromatic nitrogens is 1. The number of rotatable bonds is 8. The summed E-state index contributed by atoms with van der Waals surface area (Å²) in [6, 6.07) is 8.63. The Morgan fingerprint density at radius 1 is 1.16 bits per heavy atom. The highest BCUT2D eigenvalue weighted by molar-refractivity contribution is 6.02. The van der Waals surface area contributed by atoms with Crippen LogP contribution in [-0.2, 0) is 22.2 Å². The van der Waals surface area contributed by atoms with Gasteiger partial charge in [0, 0.05) is 26.8 Å². The van der Waals surface area contributed by atoms with Crippen LogP contribution in [0.5, 0.6) is 11.5 Å². The molecule has 1 atom stereocenters. The van der Waals surface area contributed by atoms with Gasteiger partial charge in [-0.3, -0.25) is 4.79 Å². The van der Waals surface area contributed by atoms with Crippen LogP contribution in [0.1, 0.15) is 42.2 Å². The maximum absolute atomic E-state index is 15.2. The number of amides is 1. The molecule has 1 fully saturated rings. The van der Waals surface area contributed by atoms with E-state index in [2.05, 4.69) is 14.8 Å². The van der Waals surface area contributed by atoms with E-state index in [1.54, 1.807) is 24.5 Å². The van der Waals surface area contributed by atoms with E-state index in [9.17, 15) is 28.9 Å². The van der Waals surface area contributed by atoms with Gasteiger partial charge in [0.25, 0.3) is 0 Å². The summed E-state index contributed by atoms with van der Waals surface area (Å²) in [5, 5.41) is 32.5. The maximum Gasteiger partial charge on any atom is 0.586 e. The molecule has 4 N–H and O–H groups in total. The number of carbonyl (C=O) groups is 1. The number of hydrogen-bond donors (Lipinski definition) is 4. The fourth-order valence-electron chi connectivity index (χ4n) is 4.75. The number of aliphatic hydroxyl groups is 3. The van der Waals surface area contributed by atoms with Gasteiger partial charge in [0.05, 0.1) is 42.5 Å². The number of nitrogens with zero attached hydrogens (tertiary/aromatic N) is 1. The lowest BCUT2D eigenvalue weighted by Gasteiger charge is -2.25. The number of carbonyl (C=O) groups excluding carboxylic acids is 1. The van der Waals surface area contributed by atoms with E-state index in [1.807, 2.05) is 0 Å². The van der Waals surface area contributed by atoms with E-state index < -0.39 is 41.6 Å². The molecule has 8 nitrogen and oxygen atoms in total. The molecule has 204 valence electrons. The van der Waals surface area contributed by atoms with Crippen LogP contribution in [-0.4, -0.2) is 51.4 Å². The monoisotopic (exact) mass is 526 g/mol. The first kappa shape index (κ1) is 25.4. The van der Waals surface area contributed by atoms with Crippen LogP contribution in [0.2, 0.25) is 0 Å². The van der Waals surface area contributed by atoms with E-state index in [0.717, 1.165) is 0 Å². The molecule has 2 aliphatic rings. The van der Waals surface area contributed by atoms with Gasteiger partial charge in [0.1, 0.15) is 5.82 Å². The minimum Gasteiger partial charge on any atom is -0.395 e. The normalized spacial score (nSPS) is 18.2. The predicted octanol–water partition coefficient (Wildman–Crippen LogP) is 4.13. The number of anilines is 1. The van der Waals surface area contributed by atoms with Gasteiger partial charge >= 0.3 is 6.29 Å². The summed E-state index contributed by atoms with van der Waals surface area (Å²) in [5.41, 5.74) is -0.304. The van der Waals surface area contributed by atoms with Gasteiger partial charge in [-0.15, -0.1) is 8.78 Å². The molecular formula is C26H33F3N2O6. The highest BCUT2D eigenvalue weighted by Crippen LogP contribution is 2.52. The zero-order valence-corrected chi connectivity index (χ0v) is 20.2. The van der Waals surface area contributed by atoms with E-state index >= 15 is 4.39 Å². The summed E-state index contributed by atoms with van der Waals surface area (Å²) in [6.07, 6.45) is -3.97. The Hall–Kier alpha value is -3.28. The quantitative estimate of drug-likeness (QED) is 0.351. The van der Waals surface area contributed by atoms with Crippen molar-refractivity contribution in [1.29, 1.82) is 0 Å². The second kappa shape index (κ2) is 8.64. The first-order valence-electron chi connectivity index (χ1n) is 11.8. The molecule has 2 aromatic carbocycles. The Balaban J connectivity index is 0.00000187. The van der Waals surface area contributed by atoms with Gasteiger partial charge in [0.2, 0.25) is 5.91 Å². The number of ether oxygens (including phenoxy) is 2. The standard InChI is InChI=1S/C26H27F3N2O6.3H2/c1-24(2,13-33)22-8-14-7-18(17(27)10-19(14)31(22)11-16(34)12-32)30-23(35)25(5-6-25)15-3-4-20-21(9-15)37-26(28,29)36-20;;;/h3-4,7-10,16,32-34H,5-6,11-13H2,1-2H3,(H,30,35);3*1H/t16-;;;/m1.../s1. The van der Waals surface area contributed by atoms with Crippen LogP contribution in [0.15, 0.2) is 36.4 Å². The van der Waals surface area contributed by atoms with Crippen LogP contribution in [0.3, 0.4) is 0 Å². The molecule has 37 heavy (non-hydrogen) atoms. The number of halogens is 3. The van der Waals surface area contributed by atoms with Crippen molar-refractivity contribution >= 4 is 22.5 Å². The molecule has 0 unspecified atom stereocenters. The lowest BCUT2D eigenvalue weighted by Crippen LogP contribution is -2.29. The highest BCUT2D eigenvalue weighted by atomic mass is 19.3. The molecule has 5 rings (SSSR count). The van der Waals surface area contributed by atoms with Crippen molar-refractivity contribution in [1.82, 2.24) is 4.57 Å². The third kappa shape index (κ3) is 4.41. The van der Waals surface area contributed by atoms with E-state index in [-0.39, 0.29) is 34.6 Å². The second-order valence-corrected chi connectivity index (χ2v) is 10.3. The Morgan fingerprint density at radius 2 is 1.86 bits per heavy atom. The smallest absolute Gasteiger partial charge is 0.395 e. The number of fused-ring (bicyclic) bond motifs is 2. The lowest BCUT2D eigenvalue weighted by molar-refractivity contribution is -0.286. The fourth-order valence-corrected chi connectivity index (χ4v) is 4.75. The van der Waals surface area contributed by atoms with Gasteiger partial charge < -0.3 is 34.7 Å². The summed E-state index contributed by atoms with van der Waals surface area (Å²) in [4.78, 5) is 13.3. The molecule has 11 heteroatoms. The molecule has 1 saturated carbocycles. The summed E-state index contributed by atoms with van der Waals surface area (Å²) in [5.74, 6) is -1.49. The minimum absolute atomic E-state index is 0. The fraction of sp³-hybridized carbons (Fsp3) is 0.423. The molecule has 1 aromatic heterocycles. The largest absolute Gasteiger partial charge is 0.586 e. The van der Waals surface area contributed by atoms with Crippen LogP contribution < -0.4 is 14.8 Å². The number of alkyl halides is 2. The molecule has 0 saturated heterocycles. The molecule has 2 heterocycles. The molecule has 0 bridgehead atoms. The topological polar surface area (TPSA) is 113 Å². The molecule has 3 aromatic rings. The third-order valence-corrected chi connectivity index (χ3v) is 7.07. The summed E-state index contributed by atoms with van der Waals surface area (Å²) < 4.78 is 52.6. The van der Waals surface area contributed by atoms with Crippen LogP contribution in [0, 0.1) is 5.82 Å². The lowest BCUT2D eigenvalue weighted by atomic mass is 9.90. The van der Waals surface area contributed by atoms with Crippen molar-refractivity contribution in [3.05, 3.63) is 53.5 Å². The molecule has 1 aliphatic heterocycles. The van der Waals surface area contributed by atoms with Gasteiger partial charge in [0.15, 0.2) is 11.5 Å².